The summed E-state index contributed by atoms with van der Waals surface area (Å²) in [5, 5.41) is 26.5. The standard InChI is InChI=1S/C11H19NO6/c13-4-6-18-5-3-12-2-1-8(10(14)15)9(7-12)11(16)17/h8-9,13H,1-7H2,(H,14,15)(H,16,17). The van der Waals surface area contributed by atoms with Gasteiger partial charge in [-0.3, -0.25) is 9.59 Å². The van der Waals surface area contributed by atoms with Crippen LogP contribution in [-0.4, -0.2) is 71.6 Å². The van der Waals surface area contributed by atoms with Gasteiger partial charge < -0.3 is 25.0 Å². The quantitative estimate of drug-likeness (QED) is 0.510. The second-order valence-electron chi connectivity index (χ2n) is 4.31. The van der Waals surface area contributed by atoms with Crippen molar-refractivity contribution in [1.29, 1.82) is 0 Å². The van der Waals surface area contributed by atoms with Crippen LogP contribution < -0.4 is 0 Å². The predicted molar refractivity (Wildman–Crippen MR) is 61.2 cm³/mol. The normalized spacial score (nSPS) is 24.9. The Kier molecular flexibility index (Phi) is 6.03. The Balaban J connectivity index is 2.42. The third kappa shape index (κ3) is 4.25. The second-order valence-corrected chi connectivity index (χ2v) is 4.31. The van der Waals surface area contributed by atoms with E-state index in [2.05, 4.69) is 0 Å². The summed E-state index contributed by atoms with van der Waals surface area (Å²) in [7, 11) is 0. The lowest BCUT2D eigenvalue weighted by molar-refractivity contribution is -0.157. The molecule has 1 fully saturated rings. The molecule has 0 amide bonds. The van der Waals surface area contributed by atoms with Gasteiger partial charge in [-0.15, -0.1) is 0 Å². The van der Waals surface area contributed by atoms with E-state index in [1.807, 2.05) is 4.90 Å². The topological polar surface area (TPSA) is 107 Å². The average molecular weight is 261 g/mol. The lowest BCUT2D eigenvalue weighted by atomic mass is 9.85. The molecule has 18 heavy (non-hydrogen) atoms. The van der Waals surface area contributed by atoms with Crippen molar-refractivity contribution in [1.82, 2.24) is 4.90 Å². The molecule has 104 valence electrons. The Bertz CT molecular complexity index is 295. The van der Waals surface area contributed by atoms with E-state index in [0.717, 1.165) is 0 Å². The molecule has 1 saturated heterocycles. The number of carboxylic acid groups (broad SMARTS) is 2. The number of likely N-dealkylation sites (tertiary alicyclic amines) is 1. The van der Waals surface area contributed by atoms with Gasteiger partial charge >= 0.3 is 11.9 Å². The van der Waals surface area contributed by atoms with Crippen molar-refractivity contribution in [3.05, 3.63) is 0 Å². The van der Waals surface area contributed by atoms with E-state index < -0.39 is 23.8 Å². The van der Waals surface area contributed by atoms with Gasteiger partial charge in [0.05, 0.1) is 31.7 Å². The highest BCUT2D eigenvalue weighted by molar-refractivity contribution is 5.80. The zero-order valence-corrected chi connectivity index (χ0v) is 10.1. The van der Waals surface area contributed by atoms with Gasteiger partial charge in [0.25, 0.3) is 0 Å². The van der Waals surface area contributed by atoms with Crippen LogP contribution in [0.1, 0.15) is 6.42 Å². The smallest absolute Gasteiger partial charge is 0.308 e. The summed E-state index contributed by atoms with van der Waals surface area (Å²) in [6.07, 6.45) is 0.340. The average Bonchev–Trinajstić information content (AvgIpc) is 2.34. The lowest BCUT2D eigenvalue weighted by Crippen LogP contribution is -2.47. The van der Waals surface area contributed by atoms with Crippen LogP contribution in [0.5, 0.6) is 0 Å². The van der Waals surface area contributed by atoms with Gasteiger partial charge in [-0.25, -0.2) is 0 Å². The summed E-state index contributed by atoms with van der Waals surface area (Å²) in [6.45, 7) is 1.96. The summed E-state index contributed by atoms with van der Waals surface area (Å²) in [4.78, 5) is 23.9. The number of carbonyl (C=O) groups is 2. The number of nitrogens with zero attached hydrogens (tertiary/aromatic N) is 1. The van der Waals surface area contributed by atoms with E-state index in [-0.39, 0.29) is 19.8 Å². The Labute approximate surface area is 105 Å². The molecule has 0 aromatic carbocycles. The molecule has 7 heteroatoms. The fourth-order valence-electron chi connectivity index (χ4n) is 2.13. The van der Waals surface area contributed by atoms with Crippen LogP contribution in [0.4, 0.5) is 0 Å². The van der Waals surface area contributed by atoms with Gasteiger partial charge in [0.15, 0.2) is 0 Å². The van der Waals surface area contributed by atoms with Crippen LogP contribution in [0.25, 0.3) is 0 Å². The third-order valence-electron chi connectivity index (χ3n) is 3.12. The minimum Gasteiger partial charge on any atom is -0.481 e. The van der Waals surface area contributed by atoms with Crippen LogP contribution in [0, 0.1) is 11.8 Å². The Hall–Kier alpha value is -1.18. The van der Waals surface area contributed by atoms with Crippen molar-refractivity contribution in [2.24, 2.45) is 11.8 Å². The minimum atomic E-state index is -1.07. The molecule has 0 aromatic heterocycles. The van der Waals surface area contributed by atoms with Crippen LogP contribution in [0.15, 0.2) is 0 Å². The number of hydrogen-bond acceptors (Lipinski definition) is 5. The molecule has 0 aliphatic carbocycles. The molecule has 2 unspecified atom stereocenters. The van der Waals surface area contributed by atoms with Crippen molar-refractivity contribution in [2.45, 2.75) is 6.42 Å². The predicted octanol–water partition coefficient (Wildman–Crippen LogP) is -0.897. The fraction of sp³-hybridized carbons (Fsp3) is 0.818. The van der Waals surface area contributed by atoms with E-state index in [1.165, 1.54) is 0 Å². The SMILES string of the molecule is O=C(O)C1CCN(CCOCCO)CC1C(=O)O. The lowest BCUT2D eigenvalue weighted by Gasteiger charge is -2.34. The maximum Gasteiger partial charge on any atom is 0.308 e. The molecule has 0 spiro atoms. The van der Waals surface area contributed by atoms with Crippen molar-refractivity contribution < 1.29 is 29.6 Å². The van der Waals surface area contributed by atoms with E-state index in [9.17, 15) is 9.59 Å². The molecular formula is C11H19NO6. The first kappa shape index (κ1) is 14.9. The molecule has 1 heterocycles. The molecule has 1 aliphatic rings. The summed E-state index contributed by atoms with van der Waals surface area (Å²) >= 11 is 0. The number of carboxylic acids is 2. The minimum absolute atomic E-state index is 0.0428. The van der Waals surface area contributed by atoms with Crippen molar-refractivity contribution >= 4 is 11.9 Å². The number of aliphatic carboxylic acids is 2. The Morgan fingerprint density at radius 2 is 1.83 bits per heavy atom. The van der Waals surface area contributed by atoms with Crippen molar-refractivity contribution in [3.63, 3.8) is 0 Å². The van der Waals surface area contributed by atoms with E-state index in [4.69, 9.17) is 20.1 Å². The van der Waals surface area contributed by atoms with Crippen LogP contribution in [0.3, 0.4) is 0 Å². The number of rotatable bonds is 7. The van der Waals surface area contributed by atoms with Gasteiger partial charge in [-0.05, 0) is 13.0 Å². The van der Waals surface area contributed by atoms with Gasteiger partial charge in [-0.1, -0.05) is 0 Å². The molecule has 3 N–H and O–H groups in total. The van der Waals surface area contributed by atoms with Gasteiger partial charge in [0, 0.05) is 13.1 Å². The maximum absolute atomic E-state index is 11.0. The van der Waals surface area contributed by atoms with Gasteiger partial charge in [0.1, 0.15) is 0 Å². The first-order chi connectivity index (χ1) is 8.56. The van der Waals surface area contributed by atoms with Crippen LogP contribution >= 0.6 is 0 Å². The molecule has 1 rings (SSSR count). The molecule has 2 atom stereocenters. The van der Waals surface area contributed by atoms with Crippen LogP contribution in [-0.2, 0) is 14.3 Å². The third-order valence-corrected chi connectivity index (χ3v) is 3.12. The molecule has 0 saturated carbocycles. The highest BCUT2D eigenvalue weighted by Gasteiger charge is 2.38. The Morgan fingerprint density at radius 3 is 2.39 bits per heavy atom. The van der Waals surface area contributed by atoms with Crippen molar-refractivity contribution in [2.75, 3.05) is 39.5 Å². The second kappa shape index (κ2) is 7.30. The maximum atomic E-state index is 11.0. The van der Waals surface area contributed by atoms with E-state index in [0.29, 0.717) is 26.1 Å². The van der Waals surface area contributed by atoms with Gasteiger partial charge in [-0.2, -0.15) is 0 Å². The first-order valence-electron chi connectivity index (χ1n) is 5.92. The monoisotopic (exact) mass is 261 g/mol. The summed E-state index contributed by atoms with van der Waals surface area (Å²) in [5.41, 5.74) is 0. The first-order valence-corrected chi connectivity index (χ1v) is 5.92. The summed E-state index contributed by atoms with van der Waals surface area (Å²) in [6, 6.07) is 0. The summed E-state index contributed by atoms with van der Waals surface area (Å²) in [5.74, 6) is -3.78. The molecule has 1 aliphatic heterocycles. The van der Waals surface area contributed by atoms with E-state index in [1.54, 1.807) is 0 Å². The highest BCUT2D eigenvalue weighted by Crippen LogP contribution is 2.24. The summed E-state index contributed by atoms with van der Waals surface area (Å²) < 4.78 is 5.10. The zero-order valence-electron chi connectivity index (χ0n) is 10.1. The number of aliphatic hydroxyl groups excluding tert-OH is 1. The number of hydrogen-bond donors (Lipinski definition) is 3. The fourth-order valence-corrected chi connectivity index (χ4v) is 2.13. The molecule has 0 radical (unpaired) electrons. The Morgan fingerprint density at radius 1 is 1.17 bits per heavy atom. The van der Waals surface area contributed by atoms with E-state index >= 15 is 0 Å². The number of aliphatic hydroxyl groups is 1. The largest absolute Gasteiger partial charge is 0.481 e. The zero-order chi connectivity index (χ0) is 13.5. The number of ether oxygens (including phenoxy) is 1. The van der Waals surface area contributed by atoms with Gasteiger partial charge in [0.2, 0.25) is 0 Å². The molecule has 7 nitrogen and oxygen atoms in total. The number of piperidine rings is 1. The molecule has 0 aromatic rings. The highest BCUT2D eigenvalue weighted by atomic mass is 16.5. The van der Waals surface area contributed by atoms with Crippen LogP contribution in [0.2, 0.25) is 0 Å². The molecule has 0 bridgehead atoms. The molecular weight excluding hydrogens is 242 g/mol. The van der Waals surface area contributed by atoms with Crippen molar-refractivity contribution in [3.8, 4) is 0 Å².